The fraction of sp³-hybridized carbons (Fsp3) is 0.250. The van der Waals surface area contributed by atoms with Gasteiger partial charge in [-0.3, -0.25) is 0 Å². The van der Waals surface area contributed by atoms with Crippen molar-refractivity contribution in [1.29, 1.82) is 0 Å². The first-order chi connectivity index (χ1) is 7.97. The lowest BCUT2D eigenvalue weighted by molar-refractivity contribution is 0.627. The minimum Gasteiger partial charge on any atom is -0.323 e. The van der Waals surface area contributed by atoms with E-state index < -0.39 is 0 Å². The summed E-state index contributed by atoms with van der Waals surface area (Å²) in [6.45, 7) is 3.85. The Labute approximate surface area is 112 Å². The van der Waals surface area contributed by atoms with Gasteiger partial charge in [-0.25, -0.2) is 9.37 Å². The maximum Gasteiger partial charge on any atom is 0.125 e. The third-order valence-corrected chi connectivity index (χ3v) is 4.22. The average Bonchev–Trinajstić information content (AvgIpc) is 2.59. The van der Waals surface area contributed by atoms with Crippen LogP contribution in [0.5, 0.6) is 0 Å². The van der Waals surface area contributed by atoms with Crippen molar-refractivity contribution < 1.29 is 4.39 Å². The molecule has 90 valence electrons. The van der Waals surface area contributed by atoms with E-state index in [1.807, 2.05) is 19.9 Å². The largest absolute Gasteiger partial charge is 0.323 e. The predicted octanol–water partition coefficient (Wildman–Crippen LogP) is 4.04. The van der Waals surface area contributed by atoms with Gasteiger partial charge in [-0.05, 0) is 32.0 Å². The molecule has 1 unspecified atom stereocenters. The fourth-order valence-corrected chi connectivity index (χ4v) is 3.10. The van der Waals surface area contributed by atoms with Crippen molar-refractivity contribution in [3.63, 3.8) is 0 Å². The minimum absolute atomic E-state index is 0.0433. The van der Waals surface area contributed by atoms with Crippen LogP contribution in [0.4, 0.5) is 4.39 Å². The van der Waals surface area contributed by atoms with Gasteiger partial charge in [0, 0.05) is 21.0 Å². The van der Waals surface area contributed by atoms with E-state index in [4.69, 9.17) is 5.73 Å². The molecule has 2 rings (SSSR count). The Bertz CT molecular complexity index is 531. The van der Waals surface area contributed by atoms with Crippen molar-refractivity contribution in [3.05, 3.63) is 39.1 Å². The number of thiazole rings is 1. The quantitative estimate of drug-likeness (QED) is 0.908. The van der Waals surface area contributed by atoms with E-state index in [-0.39, 0.29) is 11.9 Å². The zero-order valence-corrected chi connectivity index (χ0v) is 11.9. The summed E-state index contributed by atoms with van der Waals surface area (Å²) < 4.78 is 14.0. The third-order valence-electron chi connectivity index (χ3n) is 2.36. The fourth-order valence-electron chi connectivity index (χ4n) is 1.63. The highest BCUT2D eigenvalue weighted by atomic mass is 79.9. The van der Waals surface area contributed by atoms with Crippen LogP contribution in [0.2, 0.25) is 0 Å². The number of benzene rings is 1. The molecule has 17 heavy (non-hydrogen) atoms. The second kappa shape index (κ2) is 4.84. The number of nitrogens with two attached hydrogens (primary N) is 1. The molecule has 0 fully saturated rings. The van der Waals surface area contributed by atoms with Gasteiger partial charge in [0.15, 0.2) is 0 Å². The highest BCUT2D eigenvalue weighted by Gasteiger charge is 2.13. The van der Waals surface area contributed by atoms with E-state index in [9.17, 15) is 4.39 Å². The Morgan fingerprint density at radius 2 is 2.12 bits per heavy atom. The molecule has 0 saturated carbocycles. The van der Waals surface area contributed by atoms with E-state index in [0.29, 0.717) is 4.47 Å². The van der Waals surface area contributed by atoms with Crippen LogP contribution in [0.15, 0.2) is 22.7 Å². The molecule has 2 N–H and O–H groups in total. The first-order valence-corrected chi connectivity index (χ1v) is 6.77. The molecule has 1 heterocycles. The lowest BCUT2D eigenvalue weighted by atomic mass is 10.2. The van der Waals surface area contributed by atoms with Gasteiger partial charge in [-0.2, -0.15) is 0 Å². The monoisotopic (exact) mass is 314 g/mol. The summed E-state index contributed by atoms with van der Waals surface area (Å²) in [5, 5.41) is 0.801. The lowest BCUT2D eigenvalue weighted by Gasteiger charge is -2.00. The van der Waals surface area contributed by atoms with Gasteiger partial charge in [0.25, 0.3) is 0 Å². The Hall–Kier alpha value is -0.780. The SMILES string of the molecule is Cc1nc(-c2cc(F)cc(Br)c2)sc1C(C)N. The molecule has 0 bridgehead atoms. The van der Waals surface area contributed by atoms with Gasteiger partial charge >= 0.3 is 0 Å². The minimum atomic E-state index is -0.274. The van der Waals surface area contributed by atoms with E-state index in [2.05, 4.69) is 20.9 Å². The van der Waals surface area contributed by atoms with Crippen LogP contribution >= 0.6 is 27.3 Å². The maximum atomic E-state index is 13.3. The normalized spacial score (nSPS) is 12.8. The molecule has 0 saturated heterocycles. The van der Waals surface area contributed by atoms with Crippen molar-refractivity contribution in [1.82, 2.24) is 4.98 Å². The Kier molecular flexibility index (Phi) is 3.61. The van der Waals surface area contributed by atoms with Crippen molar-refractivity contribution in [2.45, 2.75) is 19.9 Å². The number of rotatable bonds is 2. The van der Waals surface area contributed by atoms with E-state index in [0.717, 1.165) is 21.1 Å². The molecule has 0 spiro atoms. The number of hydrogen-bond donors (Lipinski definition) is 1. The van der Waals surface area contributed by atoms with E-state index in [1.54, 1.807) is 0 Å². The highest BCUT2D eigenvalue weighted by Crippen LogP contribution is 2.32. The zero-order valence-electron chi connectivity index (χ0n) is 9.50. The van der Waals surface area contributed by atoms with Gasteiger partial charge < -0.3 is 5.73 Å². The number of hydrogen-bond acceptors (Lipinski definition) is 3. The molecule has 1 atom stereocenters. The standard InChI is InChI=1S/C12H12BrFN2S/c1-6(15)11-7(2)16-12(17-11)8-3-9(13)5-10(14)4-8/h3-6H,15H2,1-2H3. The lowest BCUT2D eigenvalue weighted by Crippen LogP contribution is -2.03. The molecular weight excluding hydrogens is 303 g/mol. The Balaban J connectivity index is 2.49. The Morgan fingerprint density at radius 1 is 1.41 bits per heavy atom. The maximum absolute atomic E-state index is 13.3. The number of aryl methyl sites for hydroxylation is 1. The van der Waals surface area contributed by atoms with Crippen LogP contribution in [-0.2, 0) is 0 Å². The smallest absolute Gasteiger partial charge is 0.125 e. The van der Waals surface area contributed by atoms with Gasteiger partial charge in [0.2, 0.25) is 0 Å². The van der Waals surface area contributed by atoms with E-state index >= 15 is 0 Å². The van der Waals surface area contributed by atoms with Crippen molar-refractivity contribution in [3.8, 4) is 10.6 Å². The molecular formula is C12H12BrFN2S. The van der Waals surface area contributed by atoms with Crippen LogP contribution in [0, 0.1) is 12.7 Å². The molecule has 0 amide bonds. The molecule has 2 aromatic rings. The molecule has 1 aromatic carbocycles. The van der Waals surface area contributed by atoms with E-state index in [1.165, 1.54) is 23.5 Å². The molecule has 0 aliphatic heterocycles. The highest BCUT2D eigenvalue weighted by molar-refractivity contribution is 9.10. The predicted molar refractivity (Wildman–Crippen MR) is 72.5 cm³/mol. The van der Waals surface area contributed by atoms with Crippen LogP contribution < -0.4 is 5.73 Å². The number of halogens is 2. The van der Waals surface area contributed by atoms with Gasteiger partial charge in [-0.1, -0.05) is 15.9 Å². The summed E-state index contributed by atoms with van der Waals surface area (Å²) in [5.41, 5.74) is 7.54. The molecule has 0 radical (unpaired) electrons. The summed E-state index contributed by atoms with van der Waals surface area (Å²) in [5.74, 6) is -0.274. The van der Waals surface area contributed by atoms with Gasteiger partial charge in [0.1, 0.15) is 10.8 Å². The van der Waals surface area contributed by atoms with Crippen LogP contribution in [0.3, 0.4) is 0 Å². The average molecular weight is 315 g/mol. The molecule has 0 aliphatic rings. The molecule has 2 nitrogen and oxygen atoms in total. The van der Waals surface area contributed by atoms with Crippen LogP contribution in [0.25, 0.3) is 10.6 Å². The summed E-state index contributed by atoms with van der Waals surface area (Å²) in [6, 6.07) is 4.72. The first-order valence-electron chi connectivity index (χ1n) is 5.16. The molecule has 5 heteroatoms. The van der Waals surface area contributed by atoms with Crippen molar-refractivity contribution in [2.75, 3.05) is 0 Å². The number of aromatic nitrogens is 1. The molecule has 0 aliphatic carbocycles. The van der Waals surface area contributed by atoms with Crippen molar-refractivity contribution in [2.24, 2.45) is 5.73 Å². The third kappa shape index (κ3) is 2.73. The second-order valence-corrected chi connectivity index (χ2v) is 5.86. The molecule has 1 aromatic heterocycles. The van der Waals surface area contributed by atoms with Crippen LogP contribution in [0.1, 0.15) is 23.5 Å². The summed E-state index contributed by atoms with van der Waals surface area (Å²) in [4.78, 5) is 5.48. The topological polar surface area (TPSA) is 38.9 Å². The number of nitrogens with zero attached hydrogens (tertiary/aromatic N) is 1. The summed E-state index contributed by atoms with van der Waals surface area (Å²) >= 11 is 4.79. The second-order valence-electron chi connectivity index (χ2n) is 3.92. The van der Waals surface area contributed by atoms with Crippen molar-refractivity contribution >= 4 is 27.3 Å². The summed E-state index contributed by atoms with van der Waals surface area (Å²) in [7, 11) is 0. The first kappa shape index (κ1) is 12.7. The summed E-state index contributed by atoms with van der Waals surface area (Å²) in [6.07, 6.45) is 0. The Morgan fingerprint density at radius 3 is 2.65 bits per heavy atom. The van der Waals surface area contributed by atoms with Gasteiger partial charge in [0.05, 0.1) is 5.69 Å². The van der Waals surface area contributed by atoms with Gasteiger partial charge in [-0.15, -0.1) is 11.3 Å². The zero-order chi connectivity index (χ0) is 12.6. The van der Waals surface area contributed by atoms with Crippen LogP contribution in [-0.4, -0.2) is 4.98 Å².